The van der Waals surface area contributed by atoms with E-state index in [1.54, 1.807) is 36.4 Å². The van der Waals surface area contributed by atoms with Crippen molar-refractivity contribution in [1.29, 1.82) is 0 Å². The van der Waals surface area contributed by atoms with E-state index in [9.17, 15) is 46.1 Å². The minimum Gasteiger partial charge on any atom is -0.434 e. The van der Waals surface area contributed by atoms with Gasteiger partial charge in [-0.05, 0) is 61.4 Å². The number of hydrogen-bond donors (Lipinski definition) is 4. The molecule has 60 heavy (non-hydrogen) atoms. The maximum Gasteiger partial charge on any atom is 0.387 e. The van der Waals surface area contributed by atoms with E-state index in [2.05, 4.69) is 29.9 Å². The quantitative estimate of drug-likeness (QED) is 0.103. The Morgan fingerprint density at radius 3 is 1.38 bits per heavy atom. The van der Waals surface area contributed by atoms with E-state index in [-0.39, 0.29) is 48.6 Å². The van der Waals surface area contributed by atoms with E-state index in [1.165, 1.54) is 83.1 Å². The van der Waals surface area contributed by atoms with Crippen LogP contribution in [0.2, 0.25) is 0 Å². The molecule has 4 N–H and O–H groups in total. The summed E-state index contributed by atoms with van der Waals surface area (Å²) in [7, 11) is 0. The van der Waals surface area contributed by atoms with Crippen LogP contribution in [0, 0.1) is 11.6 Å². The molecular formula is C42H36F6N6O6. The number of hydrogen-bond acceptors (Lipinski definition) is 8. The summed E-state index contributed by atoms with van der Waals surface area (Å²) in [5.74, 6) is -2.35. The summed E-state index contributed by atoms with van der Waals surface area (Å²) in [4.78, 5) is 29.0. The van der Waals surface area contributed by atoms with Gasteiger partial charge in [-0.1, -0.05) is 36.4 Å². The molecule has 0 spiro atoms. The predicted molar refractivity (Wildman–Crippen MR) is 203 cm³/mol. The summed E-state index contributed by atoms with van der Waals surface area (Å²) < 4.78 is 89.6. The van der Waals surface area contributed by atoms with Crippen molar-refractivity contribution < 1.29 is 55.6 Å². The number of aromatic amines is 2. The molecule has 2 aliphatic heterocycles. The van der Waals surface area contributed by atoms with E-state index in [4.69, 9.17) is 0 Å². The number of halogens is 6. The summed E-state index contributed by atoms with van der Waals surface area (Å²) in [5.41, 5.74) is 2.49. The minimum absolute atomic E-state index is 0.00630. The SMILES string of the molecule is O=C(c1ccc(-c2cn[nH]c2)c(OC(F)F)c1)N1C[C@@H](O)C[C@@H]1c1ccccc1F.O=C(c1ccc(-c2cn[nH]c2)c(OC(F)F)c1)N1C[C@H](O)C[C@@H]1c1ccccc1F. The molecule has 0 unspecified atom stereocenters. The molecule has 18 heteroatoms. The van der Waals surface area contributed by atoms with Gasteiger partial charge in [0.05, 0.1) is 36.7 Å². The topological polar surface area (TPSA) is 157 Å². The summed E-state index contributed by atoms with van der Waals surface area (Å²) in [6.45, 7) is -6.15. The lowest BCUT2D eigenvalue weighted by molar-refractivity contribution is -0.0501. The van der Waals surface area contributed by atoms with Crippen LogP contribution < -0.4 is 9.47 Å². The first-order chi connectivity index (χ1) is 28.9. The van der Waals surface area contributed by atoms with Crippen LogP contribution in [0.25, 0.3) is 22.3 Å². The van der Waals surface area contributed by atoms with Crippen LogP contribution in [0.4, 0.5) is 26.3 Å². The summed E-state index contributed by atoms with van der Waals surface area (Å²) >= 11 is 0. The maximum atomic E-state index is 14.3. The molecule has 2 fully saturated rings. The van der Waals surface area contributed by atoms with Crippen molar-refractivity contribution in [3.8, 4) is 33.8 Å². The highest BCUT2D eigenvalue weighted by molar-refractivity contribution is 5.97. The van der Waals surface area contributed by atoms with Crippen LogP contribution in [-0.4, -0.2) is 90.7 Å². The van der Waals surface area contributed by atoms with Gasteiger partial charge in [0.15, 0.2) is 0 Å². The van der Waals surface area contributed by atoms with Gasteiger partial charge >= 0.3 is 13.2 Å². The van der Waals surface area contributed by atoms with Gasteiger partial charge in [-0.25, -0.2) is 8.78 Å². The van der Waals surface area contributed by atoms with Crippen LogP contribution in [0.15, 0.2) is 110 Å². The highest BCUT2D eigenvalue weighted by atomic mass is 19.3. The van der Waals surface area contributed by atoms with Gasteiger partial charge in [0, 0.05) is 70.0 Å². The fourth-order valence-electron chi connectivity index (χ4n) is 7.46. The first-order valence-corrected chi connectivity index (χ1v) is 18.5. The van der Waals surface area contributed by atoms with E-state index in [0.29, 0.717) is 33.4 Å². The highest BCUT2D eigenvalue weighted by Gasteiger charge is 2.38. The summed E-state index contributed by atoms with van der Waals surface area (Å²) in [6.07, 6.45) is 4.64. The van der Waals surface area contributed by atoms with Crippen LogP contribution in [-0.2, 0) is 0 Å². The Kier molecular flexibility index (Phi) is 12.5. The monoisotopic (exact) mass is 834 g/mol. The number of nitrogens with one attached hydrogen (secondary N) is 2. The Balaban J connectivity index is 0.000000181. The summed E-state index contributed by atoms with van der Waals surface area (Å²) in [6, 6.07) is 19.1. The van der Waals surface area contributed by atoms with Crippen LogP contribution in [0.5, 0.6) is 11.5 Å². The number of aromatic nitrogens is 4. The van der Waals surface area contributed by atoms with Gasteiger partial charge in [0.1, 0.15) is 23.1 Å². The molecule has 12 nitrogen and oxygen atoms in total. The van der Waals surface area contributed by atoms with E-state index in [0.717, 1.165) is 0 Å². The maximum absolute atomic E-state index is 14.3. The molecule has 4 atom stereocenters. The zero-order valence-electron chi connectivity index (χ0n) is 31.3. The number of β-amino-alcohol motifs (C(OH)–C–C–N with tert-alkyl or cyclic N) is 2. The van der Waals surface area contributed by atoms with Crippen molar-refractivity contribution in [2.24, 2.45) is 0 Å². The Labute approximate surface area is 338 Å². The molecule has 6 aromatic rings. The van der Waals surface area contributed by atoms with Crippen LogP contribution in [0.3, 0.4) is 0 Å². The lowest BCUT2D eigenvalue weighted by Gasteiger charge is -2.25. The zero-order valence-corrected chi connectivity index (χ0v) is 31.3. The molecule has 0 saturated carbocycles. The Morgan fingerprint density at radius 1 is 0.633 bits per heavy atom. The van der Waals surface area contributed by atoms with Gasteiger partial charge in [-0.3, -0.25) is 19.8 Å². The zero-order chi connectivity index (χ0) is 42.5. The normalized spacial score (nSPS) is 18.8. The van der Waals surface area contributed by atoms with Crippen molar-refractivity contribution in [2.45, 2.75) is 50.4 Å². The van der Waals surface area contributed by atoms with E-state index in [1.807, 2.05) is 0 Å². The van der Waals surface area contributed by atoms with Crippen molar-refractivity contribution in [2.75, 3.05) is 13.1 Å². The smallest absolute Gasteiger partial charge is 0.387 e. The molecular weight excluding hydrogens is 798 g/mol. The molecule has 0 aliphatic carbocycles. The number of alkyl halides is 4. The average Bonchev–Trinajstić information content (AvgIpc) is 4.06. The molecule has 2 amide bonds. The lowest BCUT2D eigenvalue weighted by atomic mass is 10.0. The Hall–Kier alpha value is -6.66. The second kappa shape index (κ2) is 18.1. The molecule has 8 rings (SSSR count). The number of carbonyl (C=O) groups excluding carboxylic acids is 2. The average molecular weight is 835 g/mol. The van der Waals surface area contributed by atoms with Crippen LogP contribution >= 0.6 is 0 Å². The first-order valence-electron chi connectivity index (χ1n) is 18.5. The van der Waals surface area contributed by atoms with E-state index >= 15 is 0 Å². The second-order valence-corrected chi connectivity index (χ2v) is 13.9. The number of aliphatic hydroxyl groups excluding tert-OH is 2. The molecule has 0 bridgehead atoms. The fourth-order valence-corrected chi connectivity index (χ4v) is 7.46. The van der Waals surface area contributed by atoms with E-state index < -0.39 is 61.0 Å². The van der Waals surface area contributed by atoms with Crippen LogP contribution in [0.1, 0.15) is 56.8 Å². The van der Waals surface area contributed by atoms with Crippen molar-refractivity contribution in [3.05, 3.63) is 144 Å². The van der Waals surface area contributed by atoms with Gasteiger partial charge in [-0.2, -0.15) is 27.8 Å². The second-order valence-electron chi connectivity index (χ2n) is 13.9. The van der Waals surface area contributed by atoms with Crippen molar-refractivity contribution in [3.63, 3.8) is 0 Å². The Bertz CT molecular complexity index is 2250. The molecule has 0 radical (unpaired) electrons. The third-order valence-corrected chi connectivity index (χ3v) is 10.1. The number of nitrogens with zero attached hydrogens (tertiary/aromatic N) is 4. The molecule has 2 aliphatic rings. The number of amides is 2. The van der Waals surface area contributed by atoms with Gasteiger partial charge in [0.25, 0.3) is 11.8 Å². The standard InChI is InChI=1S/2C21H18F3N3O3/c2*22-17-4-2-1-3-16(17)18-8-14(28)11-27(18)20(29)12-5-6-15(13-9-25-26-10-13)19(7-12)30-21(23)24/h2*1-7,9-10,14,18,21,28H,8,11H2,(H,25,26)/t14-,18+;14-,18-/m01/s1. The van der Waals surface area contributed by atoms with Crippen molar-refractivity contribution in [1.82, 2.24) is 30.2 Å². The third kappa shape index (κ3) is 9.14. The van der Waals surface area contributed by atoms with Gasteiger partial charge in [0.2, 0.25) is 0 Å². The summed E-state index contributed by atoms with van der Waals surface area (Å²) in [5, 5.41) is 33.0. The molecule has 2 saturated heterocycles. The number of rotatable bonds is 10. The van der Waals surface area contributed by atoms with Gasteiger partial charge < -0.3 is 29.5 Å². The molecule has 4 aromatic carbocycles. The molecule has 4 heterocycles. The van der Waals surface area contributed by atoms with Gasteiger partial charge in [-0.15, -0.1) is 0 Å². The Morgan fingerprint density at radius 2 is 1.03 bits per heavy atom. The number of ether oxygens (including phenoxy) is 2. The third-order valence-electron chi connectivity index (χ3n) is 10.1. The fraction of sp³-hybridized carbons (Fsp3) is 0.238. The molecule has 2 aromatic heterocycles. The number of benzene rings is 4. The number of carbonyl (C=O) groups is 2. The largest absolute Gasteiger partial charge is 0.434 e. The predicted octanol–water partition coefficient (Wildman–Crippen LogP) is 7.53. The number of H-pyrrole nitrogens is 2. The van der Waals surface area contributed by atoms with Crippen molar-refractivity contribution >= 4 is 11.8 Å². The minimum atomic E-state index is -3.08. The molecule has 312 valence electrons. The highest BCUT2D eigenvalue weighted by Crippen LogP contribution is 2.39. The lowest BCUT2D eigenvalue weighted by Crippen LogP contribution is -2.32. The first kappa shape index (κ1) is 41.5. The number of likely N-dealkylation sites (tertiary alicyclic amines) is 2. The number of aliphatic hydroxyl groups is 2.